The quantitative estimate of drug-likeness (QED) is 0.580. The number of hydrogen-bond donors (Lipinski definition) is 1. The normalized spacial score (nSPS) is 22.0. The minimum Gasteiger partial charge on any atom is -0.463 e. The van der Waals surface area contributed by atoms with Crippen LogP contribution >= 0.6 is 0 Å². The van der Waals surface area contributed by atoms with Crippen molar-refractivity contribution < 1.29 is 9.53 Å². The standard InChI is InChI=1S/C8H16N2O2/c1-7(5-9-2)10-3-4-12-8(11)6-10/h7,9H,3-6H2,1-2H3. The van der Waals surface area contributed by atoms with Gasteiger partial charge in [-0.15, -0.1) is 0 Å². The summed E-state index contributed by atoms with van der Waals surface area (Å²) in [4.78, 5) is 13.0. The van der Waals surface area contributed by atoms with Gasteiger partial charge in [-0.25, -0.2) is 0 Å². The summed E-state index contributed by atoms with van der Waals surface area (Å²) in [6, 6.07) is 0.405. The van der Waals surface area contributed by atoms with Gasteiger partial charge >= 0.3 is 5.97 Å². The van der Waals surface area contributed by atoms with Gasteiger partial charge in [-0.05, 0) is 14.0 Å². The minimum absolute atomic E-state index is 0.107. The lowest BCUT2D eigenvalue weighted by Crippen LogP contribution is -2.47. The van der Waals surface area contributed by atoms with Gasteiger partial charge in [-0.1, -0.05) is 0 Å². The Kier molecular flexibility index (Phi) is 3.49. The van der Waals surface area contributed by atoms with Gasteiger partial charge in [0.2, 0.25) is 0 Å². The fourth-order valence-electron chi connectivity index (χ4n) is 1.37. The molecule has 1 unspecified atom stereocenters. The molecule has 1 heterocycles. The number of esters is 1. The molecule has 0 aromatic heterocycles. The zero-order valence-corrected chi connectivity index (χ0v) is 7.67. The SMILES string of the molecule is CNCC(C)N1CCOC(=O)C1. The van der Waals surface area contributed by atoms with E-state index in [2.05, 4.69) is 17.1 Å². The molecule has 0 saturated carbocycles. The van der Waals surface area contributed by atoms with Gasteiger partial charge in [0, 0.05) is 19.1 Å². The molecule has 1 atom stereocenters. The maximum atomic E-state index is 10.9. The highest BCUT2D eigenvalue weighted by Gasteiger charge is 2.21. The Hall–Kier alpha value is -0.610. The molecule has 1 fully saturated rings. The second kappa shape index (κ2) is 4.42. The van der Waals surface area contributed by atoms with Crippen molar-refractivity contribution in [1.29, 1.82) is 0 Å². The lowest BCUT2D eigenvalue weighted by molar-refractivity contribution is -0.151. The molecule has 1 N–H and O–H groups in total. The number of rotatable bonds is 3. The molecule has 0 aromatic rings. The van der Waals surface area contributed by atoms with Crippen LogP contribution in [0.25, 0.3) is 0 Å². The first kappa shape index (κ1) is 9.48. The molecule has 0 aromatic carbocycles. The van der Waals surface area contributed by atoms with Crippen LogP contribution in [0.5, 0.6) is 0 Å². The Morgan fingerprint density at radius 3 is 3.08 bits per heavy atom. The highest BCUT2D eigenvalue weighted by atomic mass is 16.5. The zero-order valence-electron chi connectivity index (χ0n) is 7.67. The van der Waals surface area contributed by atoms with E-state index in [-0.39, 0.29) is 5.97 Å². The highest BCUT2D eigenvalue weighted by Crippen LogP contribution is 2.03. The molecular weight excluding hydrogens is 156 g/mol. The molecule has 0 bridgehead atoms. The van der Waals surface area contributed by atoms with E-state index in [1.165, 1.54) is 0 Å². The molecule has 4 heteroatoms. The smallest absolute Gasteiger partial charge is 0.320 e. The summed E-state index contributed by atoms with van der Waals surface area (Å²) in [5, 5.41) is 3.09. The summed E-state index contributed by atoms with van der Waals surface area (Å²) in [7, 11) is 1.92. The summed E-state index contributed by atoms with van der Waals surface area (Å²) < 4.78 is 4.84. The van der Waals surface area contributed by atoms with Crippen molar-refractivity contribution in [2.45, 2.75) is 13.0 Å². The third-order valence-corrected chi connectivity index (χ3v) is 2.10. The molecular formula is C8H16N2O2. The van der Waals surface area contributed by atoms with Crippen LogP contribution in [0.15, 0.2) is 0 Å². The van der Waals surface area contributed by atoms with Gasteiger partial charge in [-0.2, -0.15) is 0 Å². The van der Waals surface area contributed by atoms with E-state index in [1.54, 1.807) is 0 Å². The first-order valence-corrected chi connectivity index (χ1v) is 4.28. The molecule has 1 saturated heterocycles. The first-order valence-electron chi connectivity index (χ1n) is 4.28. The van der Waals surface area contributed by atoms with Crippen LogP contribution in [-0.4, -0.2) is 50.2 Å². The average Bonchev–Trinajstić information content (AvgIpc) is 2.05. The Morgan fingerprint density at radius 1 is 1.75 bits per heavy atom. The van der Waals surface area contributed by atoms with Crippen molar-refractivity contribution in [3.8, 4) is 0 Å². The van der Waals surface area contributed by atoms with Crippen LogP contribution in [0.3, 0.4) is 0 Å². The van der Waals surface area contributed by atoms with Crippen LogP contribution in [0, 0.1) is 0 Å². The van der Waals surface area contributed by atoms with Crippen molar-refractivity contribution in [1.82, 2.24) is 10.2 Å². The molecule has 0 spiro atoms. The largest absolute Gasteiger partial charge is 0.463 e. The van der Waals surface area contributed by atoms with Crippen LogP contribution in [-0.2, 0) is 9.53 Å². The Balaban J connectivity index is 2.34. The molecule has 0 aliphatic carbocycles. The number of morpholine rings is 1. The molecule has 1 aliphatic rings. The number of nitrogens with one attached hydrogen (secondary N) is 1. The Morgan fingerprint density at radius 2 is 2.50 bits per heavy atom. The van der Waals surface area contributed by atoms with E-state index in [0.29, 0.717) is 19.2 Å². The van der Waals surface area contributed by atoms with E-state index < -0.39 is 0 Å². The van der Waals surface area contributed by atoms with Crippen LogP contribution < -0.4 is 5.32 Å². The van der Waals surface area contributed by atoms with E-state index in [0.717, 1.165) is 13.1 Å². The monoisotopic (exact) mass is 172 g/mol. The van der Waals surface area contributed by atoms with Crippen LogP contribution in [0.4, 0.5) is 0 Å². The number of carbonyl (C=O) groups is 1. The number of nitrogens with zero attached hydrogens (tertiary/aromatic N) is 1. The Bertz CT molecular complexity index is 161. The first-order chi connectivity index (χ1) is 5.74. The molecule has 1 aliphatic heterocycles. The van der Waals surface area contributed by atoms with E-state index in [9.17, 15) is 4.79 Å². The zero-order chi connectivity index (χ0) is 8.97. The fourth-order valence-corrected chi connectivity index (χ4v) is 1.37. The van der Waals surface area contributed by atoms with E-state index >= 15 is 0 Å². The van der Waals surface area contributed by atoms with Crippen LogP contribution in [0.2, 0.25) is 0 Å². The predicted molar refractivity (Wildman–Crippen MR) is 45.9 cm³/mol. The van der Waals surface area contributed by atoms with Gasteiger partial charge in [0.25, 0.3) is 0 Å². The van der Waals surface area contributed by atoms with Gasteiger partial charge in [0.15, 0.2) is 0 Å². The third-order valence-electron chi connectivity index (χ3n) is 2.10. The molecule has 0 amide bonds. The average molecular weight is 172 g/mol. The summed E-state index contributed by atoms with van der Waals surface area (Å²) in [6.45, 7) is 4.84. The Labute approximate surface area is 72.9 Å². The highest BCUT2D eigenvalue weighted by molar-refractivity contribution is 5.72. The summed E-state index contributed by atoms with van der Waals surface area (Å²) in [5.74, 6) is -0.107. The number of likely N-dealkylation sites (N-methyl/N-ethyl adjacent to an activating group) is 1. The fraction of sp³-hybridized carbons (Fsp3) is 0.875. The third kappa shape index (κ3) is 2.46. The van der Waals surface area contributed by atoms with Crippen molar-refractivity contribution in [2.24, 2.45) is 0 Å². The second-order valence-corrected chi connectivity index (χ2v) is 3.10. The number of hydrogen-bond acceptors (Lipinski definition) is 4. The number of carbonyl (C=O) groups excluding carboxylic acids is 1. The molecule has 12 heavy (non-hydrogen) atoms. The van der Waals surface area contributed by atoms with Gasteiger partial charge in [0.05, 0.1) is 6.54 Å². The lowest BCUT2D eigenvalue weighted by Gasteiger charge is -2.31. The van der Waals surface area contributed by atoms with Crippen molar-refractivity contribution in [3.63, 3.8) is 0 Å². The van der Waals surface area contributed by atoms with Gasteiger partial charge in [0.1, 0.15) is 6.61 Å². The van der Waals surface area contributed by atoms with Crippen molar-refractivity contribution in [3.05, 3.63) is 0 Å². The molecule has 1 rings (SSSR count). The number of ether oxygens (including phenoxy) is 1. The molecule has 70 valence electrons. The van der Waals surface area contributed by atoms with Crippen molar-refractivity contribution in [2.75, 3.05) is 33.3 Å². The van der Waals surface area contributed by atoms with E-state index in [1.807, 2.05) is 7.05 Å². The summed E-state index contributed by atoms with van der Waals surface area (Å²) >= 11 is 0. The van der Waals surface area contributed by atoms with Gasteiger partial charge in [-0.3, -0.25) is 9.69 Å². The molecule has 4 nitrogen and oxygen atoms in total. The predicted octanol–water partition coefficient (Wildman–Crippen LogP) is -0.547. The summed E-state index contributed by atoms with van der Waals surface area (Å²) in [5.41, 5.74) is 0. The maximum absolute atomic E-state index is 10.9. The van der Waals surface area contributed by atoms with E-state index in [4.69, 9.17) is 4.74 Å². The van der Waals surface area contributed by atoms with Crippen LogP contribution in [0.1, 0.15) is 6.92 Å². The summed E-state index contributed by atoms with van der Waals surface area (Å²) in [6.07, 6.45) is 0. The molecule has 0 radical (unpaired) electrons. The lowest BCUT2D eigenvalue weighted by atomic mass is 10.2. The second-order valence-electron chi connectivity index (χ2n) is 3.10. The number of cyclic esters (lactones) is 1. The maximum Gasteiger partial charge on any atom is 0.320 e. The van der Waals surface area contributed by atoms with Gasteiger partial charge < -0.3 is 10.1 Å². The topological polar surface area (TPSA) is 41.6 Å². The minimum atomic E-state index is -0.107. The van der Waals surface area contributed by atoms with Crippen molar-refractivity contribution >= 4 is 5.97 Å².